The number of aryl methyl sites for hydroxylation is 1. The van der Waals surface area contributed by atoms with Gasteiger partial charge in [0.1, 0.15) is 0 Å². The summed E-state index contributed by atoms with van der Waals surface area (Å²) in [7, 11) is 1.53. The zero-order valence-electron chi connectivity index (χ0n) is 13.9. The van der Waals surface area contributed by atoms with E-state index in [2.05, 4.69) is 15.0 Å². The molecule has 1 aromatic carbocycles. The van der Waals surface area contributed by atoms with Crippen molar-refractivity contribution in [3.05, 3.63) is 49.6 Å². The van der Waals surface area contributed by atoms with Crippen LogP contribution in [0.15, 0.2) is 27.8 Å². The molecule has 3 rings (SSSR count). The number of ether oxygens (including phenoxy) is 2. The molecule has 25 heavy (non-hydrogen) atoms. The molecule has 0 saturated heterocycles. The molecule has 0 saturated carbocycles. The van der Waals surface area contributed by atoms with E-state index in [1.807, 2.05) is 6.92 Å². The molecule has 0 bridgehead atoms. The van der Waals surface area contributed by atoms with E-state index < -0.39 is 11.2 Å². The van der Waals surface area contributed by atoms with Crippen molar-refractivity contribution in [1.29, 1.82) is 0 Å². The zero-order chi connectivity index (χ0) is 18.1. The highest BCUT2D eigenvalue weighted by molar-refractivity contribution is 6.33. The molecule has 0 radical (unpaired) electrons. The van der Waals surface area contributed by atoms with E-state index in [1.165, 1.54) is 7.11 Å². The highest BCUT2D eigenvalue weighted by atomic mass is 35.5. The molecule has 0 aliphatic carbocycles. The number of aromatic amines is 2. The highest BCUT2D eigenvalue weighted by Crippen LogP contribution is 2.38. The van der Waals surface area contributed by atoms with Crippen LogP contribution in [0.5, 0.6) is 11.5 Å². The Hall–Kier alpha value is -2.80. The Kier molecular flexibility index (Phi) is 4.50. The minimum absolute atomic E-state index is 0.138. The van der Waals surface area contributed by atoms with Gasteiger partial charge in [-0.1, -0.05) is 11.6 Å². The van der Waals surface area contributed by atoms with Crippen LogP contribution in [0.2, 0.25) is 5.02 Å². The van der Waals surface area contributed by atoms with Crippen LogP contribution in [-0.2, 0) is 0 Å². The number of H-pyrrole nitrogens is 2. The van der Waals surface area contributed by atoms with Gasteiger partial charge in [-0.3, -0.25) is 9.78 Å². The highest BCUT2D eigenvalue weighted by Gasteiger charge is 2.15. The Morgan fingerprint density at radius 1 is 1.16 bits per heavy atom. The van der Waals surface area contributed by atoms with Crippen molar-refractivity contribution in [2.24, 2.45) is 0 Å². The fourth-order valence-electron chi connectivity index (χ4n) is 2.60. The first-order valence-corrected chi connectivity index (χ1v) is 7.97. The maximum absolute atomic E-state index is 12.1. The summed E-state index contributed by atoms with van der Waals surface area (Å²) >= 11 is 6.38. The van der Waals surface area contributed by atoms with Gasteiger partial charge in [-0.2, -0.15) is 0 Å². The predicted molar refractivity (Wildman–Crippen MR) is 95.9 cm³/mol. The number of nitrogens with zero attached hydrogens (tertiary/aromatic N) is 1. The van der Waals surface area contributed by atoms with Crippen LogP contribution >= 0.6 is 11.6 Å². The third kappa shape index (κ3) is 3.10. The lowest BCUT2D eigenvalue weighted by atomic mass is 10.1. The van der Waals surface area contributed by atoms with Crippen LogP contribution in [-0.4, -0.2) is 28.7 Å². The fraction of sp³-hybridized carbons (Fsp3) is 0.235. The normalized spacial score (nSPS) is 10.9. The maximum Gasteiger partial charge on any atom is 0.326 e. The van der Waals surface area contributed by atoms with Gasteiger partial charge < -0.3 is 14.5 Å². The second kappa shape index (κ2) is 6.60. The van der Waals surface area contributed by atoms with Crippen molar-refractivity contribution in [2.45, 2.75) is 13.8 Å². The quantitative estimate of drug-likeness (QED) is 0.744. The smallest absolute Gasteiger partial charge is 0.326 e. The summed E-state index contributed by atoms with van der Waals surface area (Å²) < 4.78 is 10.8. The van der Waals surface area contributed by atoms with Gasteiger partial charge in [-0.05, 0) is 31.5 Å². The Labute approximate surface area is 147 Å². The zero-order valence-corrected chi connectivity index (χ0v) is 14.7. The molecule has 2 N–H and O–H groups in total. The third-order valence-electron chi connectivity index (χ3n) is 3.73. The molecule has 8 heteroatoms. The van der Waals surface area contributed by atoms with E-state index in [9.17, 15) is 9.59 Å². The van der Waals surface area contributed by atoms with Crippen LogP contribution in [0.3, 0.4) is 0 Å². The number of hydrogen-bond acceptors (Lipinski definition) is 5. The SMILES string of the molecule is CCOc1cc(Cl)c(-c2cc(C)c3[nH]c(=O)[nH]c(=O)c3n2)cc1OC. The predicted octanol–water partition coefficient (Wildman–Crippen LogP) is 2.65. The third-order valence-corrected chi connectivity index (χ3v) is 4.04. The molecular formula is C17H16ClN3O4. The summed E-state index contributed by atoms with van der Waals surface area (Å²) in [6.07, 6.45) is 0. The minimum Gasteiger partial charge on any atom is -0.493 e. The van der Waals surface area contributed by atoms with Crippen LogP contribution in [0.25, 0.3) is 22.3 Å². The molecule has 7 nitrogen and oxygen atoms in total. The summed E-state index contributed by atoms with van der Waals surface area (Å²) in [5, 5.41) is 0.413. The van der Waals surface area contributed by atoms with Gasteiger partial charge in [0.2, 0.25) is 0 Å². The first-order chi connectivity index (χ1) is 11.9. The summed E-state index contributed by atoms with van der Waals surface area (Å²) in [5.41, 5.74) is 1.19. The van der Waals surface area contributed by atoms with Gasteiger partial charge >= 0.3 is 5.69 Å². The number of nitrogens with one attached hydrogen (secondary N) is 2. The Morgan fingerprint density at radius 3 is 2.60 bits per heavy atom. The summed E-state index contributed by atoms with van der Waals surface area (Å²) in [6.45, 7) is 4.12. The average molecular weight is 362 g/mol. The molecule has 0 aliphatic heterocycles. The molecule has 0 unspecified atom stereocenters. The van der Waals surface area contributed by atoms with E-state index in [1.54, 1.807) is 25.1 Å². The molecule has 2 heterocycles. The second-order valence-electron chi connectivity index (χ2n) is 5.37. The van der Waals surface area contributed by atoms with Crippen molar-refractivity contribution in [3.63, 3.8) is 0 Å². The van der Waals surface area contributed by atoms with Gasteiger partial charge in [0.15, 0.2) is 17.0 Å². The number of pyridine rings is 1. The number of benzene rings is 1. The van der Waals surface area contributed by atoms with Gasteiger partial charge in [0.05, 0.1) is 29.9 Å². The Morgan fingerprint density at radius 2 is 1.92 bits per heavy atom. The molecule has 0 aliphatic rings. The van der Waals surface area contributed by atoms with E-state index >= 15 is 0 Å². The largest absolute Gasteiger partial charge is 0.493 e. The van der Waals surface area contributed by atoms with Crippen LogP contribution in [0.4, 0.5) is 0 Å². The average Bonchev–Trinajstić information content (AvgIpc) is 2.56. The van der Waals surface area contributed by atoms with E-state index in [0.29, 0.717) is 45.5 Å². The summed E-state index contributed by atoms with van der Waals surface area (Å²) in [4.78, 5) is 32.7. The number of fused-ring (bicyclic) bond motifs is 1. The maximum atomic E-state index is 12.1. The number of methoxy groups -OCH3 is 1. The molecule has 0 fully saturated rings. The number of rotatable bonds is 4. The fourth-order valence-corrected chi connectivity index (χ4v) is 2.85. The molecule has 2 aromatic heterocycles. The standard InChI is InChI=1S/C17H16ClN3O4/c1-4-25-13-7-10(18)9(6-12(13)24-3)11-5-8(2)14-15(19-11)16(22)21-17(23)20-14/h5-7H,4H2,1-3H3,(H2,20,21,22,23). The second-order valence-corrected chi connectivity index (χ2v) is 5.78. The van der Waals surface area contributed by atoms with E-state index in [-0.39, 0.29) is 5.52 Å². The van der Waals surface area contributed by atoms with E-state index in [0.717, 1.165) is 0 Å². The Balaban J connectivity index is 2.26. The first-order valence-electron chi connectivity index (χ1n) is 7.59. The lowest BCUT2D eigenvalue weighted by Crippen LogP contribution is -2.23. The van der Waals surface area contributed by atoms with Gasteiger partial charge in [-0.25, -0.2) is 9.78 Å². The van der Waals surface area contributed by atoms with Crippen molar-refractivity contribution < 1.29 is 9.47 Å². The molecular weight excluding hydrogens is 346 g/mol. The lowest BCUT2D eigenvalue weighted by molar-refractivity contribution is 0.311. The summed E-state index contributed by atoms with van der Waals surface area (Å²) in [5.74, 6) is 1.04. The molecule has 0 spiro atoms. The Bertz CT molecular complexity index is 1070. The van der Waals surface area contributed by atoms with Crippen molar-refractivity contribution >= 4 is 22.6 Å². The number of aromatic nitrogens is 3. The lowest BCUT2D eigenvalue weighted by Gasteiger charge is -2.13. The molecule has 0 atom stereocenters. The summed E-state index contributed by atoms with van der Waals surface area (Å²) in [6, 6.07) is 5.11. The van der Waals surface area contributed by atoms with Gasteiger partial charge in [0.25, 0.3) is 5.56 Å². The number of hydrogen-bond donors (Lipinski definition) is 2. The molecule has 130 valence electrons. The topological polar surface area (TPSA) is 97.1 Å². The van der Waals surface area contributed by atoms with Crippen LogP contribution in [0.1, 0.15) is 12.5 Å². The number of halogens is 1. The van der Waals surface area contributed by atoms with Crippen LogP contribution < -0.4 is 20.7 Å². The van der Waals surface area contributed by atoms with Crippen molar-refractivity contribution in [1.82, 2.24) is 15.0 Å². The van der Waals surface area contributed by atoms with Gasteiger partial charge in [0, 0.05) is 11.6 Å². The monoisotopic (exact) mass is 361 g/mol. The molecule has 3 aromatic rings. The van der Waals surface area contributed by atoms with Gasteiger partial charge in [-0.15, -0.1) is 0 Å². The molecule has 0 amide bonds. The van der Waals surface area contributed by atoms with E-state index in [4.69, 9.17) is 21.1 Å². The first kappa shape index (κ1) is 17.0. The van der Waals surface area contributed by atoms with Crippen molar-refractivity contribution in [2.75, 3.05) is 13.7 Å². The minimum atomic E-state index is -0.573. The van der Waals surface area contributed by atoms with Crippen LogP contribution in [0, 0.1) is 6.92 Å². The van der Waals surface area contributed by atoms with Crippen molar-refractivity contribution in [3.8, 4) is 22.8 Å².